The Kier molecular flexibility index (Phi) is 3.71. The molecule has 1 heterocycles. The van der Waals surface area contributed by atoms with Gasteiger partial charge >= 0.3 is 0 Å². The van der Waals surface area contributed by atoms with Crippen LogP contribution in [0.25, 0.3) is 0 Å². The summed E-state index contributed by atoms with van der Waals surface area (Å²) in [6, 6.07) is 0. The van der Waals surface area contributed by atoms with Gasteiger partial charge in [-0.15, -0.1) is 11.3 Å². The van der Waals surface area contributed by atoms with Gasteiger partial charge in [0.2, 0.25) is 0 Å². The summed E-state index contributed by atoms with van der Waals surface area (Å²) >= 11 is 1.99. The molecule has 1 N–H and O–H groups in total. The number of nitrogens with zero attached hydrogens (tertiary/aromatic N) is 1. The minimum Gasteiger partial charge on any atom is -0.308 e. The van der Waals surface area contributed by atoms with E-state index in [1.54, 1.807) is 4.88 Å². The first-order valence-electron chi connectivity index (χ1n) is 7.52. The highest BCUT2D eigenvalue weighted by atomic mass is 32.1. The number of hydrogen-bond donors (Lipinski definition) is 1. The molecule has 3 heteroatoms. The Labute approximate surface area is 114 Å². The van der Waals surface area contributed by atoms with E-state index < -0.39 is 0 Å². The van der Waals surface area contributed by atoms with Crippen LogP contribution in [0, 0.1) is 0 Å². The third-order valence-electron chi connectivity index (χ3n) is 4.69. The Morgan fingerprint density at radius 2 is 1.72 bits per heavy atom. The molecule has 0 amide bonds. The highest BCUT2D eigenvalue weighted by Crippen LogP contribution is 2.39. The molecule has 100 valence electrons. The Balaban J connectivity index is 1.87. The predicted molar refractivity (Wildman–Crippen MR) is 77.2 cm³/mol. The first-order valence-corrected chi connectivity index (χ1v) is 8.34. The van der Waals surface area contributed by atoms with Gasteiger partial charge in [-0.1, -0.05) is 32.1 Å². The lowest BCUT2D eigenvalue weighted by molar-refractivity contribution is 0.269. The lowest BCUT2D eigenvalue weighted by Gasteiger charge is -2.33. The van der Waals surface area contributed by atoms with Gasteiger partial charge in [0.25, 0.3) is 0 Å². The molecule has 18 heavy (non-hydrogen) atoms. The number of nitrogens with one attached hydrogen (secondary N) is 1. The second-order valence-corrected chi connectivity index (χ2v) is 6.93. The molecule has 2 nitrogen and oxygen atoms in total. The van der Waals surface area contributed by atoms with Gasteiger partial charge in [-0.3, -0.25) is 0 Å². The smallest absolute Gasteiger partial charge is 0.113 e. The molecule has 0 saturated heterocycles. The molecule has 0 radical (unpaired) electrons. The second-order valence-electron chi connectivity index (χ2n) is 5.84. The summed E-state index contributed by atoms with van der Waals surface area (Å²) in [7, 11) is 2.13. The lowest BCUT2D eigenvalue weighted by atomic mass is 9.84. The van der Waals surface area contributed by atoms with Crippen molar-refractivity contribution in [2.45, 2.75) is 69.7 Å². The second kappa shape index (κ2) is 5.30. The first-order chi connectivity index (χ1) is 8.84. The van der Waals surface area contributed by atoms with Crippen LogP contribution in [0.2, 0.25) is 0 Å². The monoisotopic (exact) mass is 264 g/mol. The zero-order chi connectivity index (χ0) is 12.4. The summed E-state index contributed by atoms with van der Waals surface area (Å²) in [5, 5.41) is 5.02. The summed E-state index contributed by atoms with van der Waals surface area (Å²) in [6.07, 6.45) is 13.3. The topological polar surface area (TPSA) is 24.9 Å². The summed E-state index contributed by atoms with van der Waals surface area (Å²) in [4.78, 5) is 6.56. The van der Waals surface area contributed by atoms with Gasteiger partial charge in [0.05, 0.1) is 11.2 Å². The van der Waals surface area contributed by atoms with Crippen molar-refractivity contribution >= 4 is 11.3 Å². The fourth-order valence-corrected chi connectivity index (χ4v) is 4.88. The zero-order valence-electron chi connectivity index (χ0n) is 11.4. The van der Waals surface area contributed by atoms with Gasteiger partial charge in [-0.25, -0.2) is 4.98 Å². The van der Waals surface area contributed by atoms with Gasteiger partial charge < -0.3 is 5.32 Å². The molecule has 0 atom stereocenters. The molecule has 3 rings (SSSR count). The van der Waals surface area contributed by atoms with E-state index in [-0.39, 0.29) is 5.54 Å². The standard InChI is InChI=1S/C15H24N2S/c1-16-15(10-5-3-2-4-6-11-15)14-17-12-8-7-9-13(12)18-14/h16H,2-11H2,1H3. The molecule has 1 saturated carbocycles. The fourth-order valence-electron chi connectivity index (χ4n) is 3.47. The van der Waals surface area contributed by atoms with Crippen molar-refractivity contribution in [3.8, 4) is 0 Å². The first kappa shape index (κ1) is 12.6. The Hall–Kier alpha value is -0.410. The van der Waals surface area contributed by atoms with Crippen LogP contribution in [0.1, 0.15) is 66.9 Å². The summed E-state index contributed by atoms with van der Waals surface area (Å²) in [6.45, 7) is 0. The third-order valence-corrected chi connectivity index (χ3v) is 6.05. The van der Waals surface area contributed by atoms with Crippen molar-refractivity contribution in [1.29, 1.82) is 0 Å². The molecule has 0 aliphatic heterocycles. The minimum atomic E-state index is 0.190. The number of aromatic nitrogens is 1. The Bertz CT molecular complexity index is 381. The fraction of sp³-hybridized carbons (Fsp3) is 0.800. The van der Waals surface area contributed by atoms with Crippen LogP contribution in [0.4, 0.5) is 0 Å². The molecule has 2 aliphatic carbocycles. The van der Waals surface area contributed by atoms with E-state index in [4.69, 9.17) is 4.98 Å². The number of fused-ring (bicyclic) bond motifs is 1. The van der Waals surface area contributed by atoms with E-state index in [2.05, 4.69) is 12.4 Å². The van der Waals surface area contributed by atoms with Crippen LogP contribution in [-0.4, -0.2) is 12.0 Å². The van der Waals surface area contributed by atoms with Crippen molar-refractivity contribution < 1.29 is 0 Å². The third kappa shape index (κ3) is 2.23. The van der Waals surface area contributed by atoms with E-state index in [0.717, 1.165) is 0 Å². The van der Waals surface area contributed by atoms with Crippen LogP contribution >= 0.6 is 11.3 Å². The molecular weight excluding hydrogens is 240 g/mol. The van der Waals surface area contributed by atoms with Crippen LogP contribution in [0.5, 0.6) is 0 Å². The largest absolute Gasteiger partial charge is 0.308 e. The van der Waals surface area contributed by atoms with Gasteiger partial charge in [-0.05, 0) is 39.2 Å². The molecule has 0 unspecified atom stereocenters. The van der Waals surface area contributed by atoms with Gasteiger partial charge in [0, 0.05) is 4.88 Å². The highest BCUT2D eigenvalue weighted by molar-refractivity contribution is 7.12. The SMILES string of the molecule is CNC1(c2nc3c(s2)CCC3)CCCCCCC1. The minimum absolute atomic E-state index is 0.190. The quantitative estimate of drug-likeness (QED) is 0.879. The maximum absolute atomic E-state index is 4.99. The normalized spacial score (nSPS) is 23.4. The lowest BCUT2D eigenvalue weighted by Crippen LogP contribution is -2.40. The van der Waals surface area contributed by atoms with Crippen molar-refractivity contribution in [2.24, 2.45) is 0 Å². The number of aryl methyl sites for hydroxylation is 2. The van der Waals surface area contributed by atoms with E-state index in [0.29, 0.717) is 0 Å². The van der Waals surface area contributed by atoms with Crippen molar-refractivity contribution in [1.82, 2.24) is 10.3 Å². The van der Waals surface area contributed by atoms with E-state index in [1.807, 2.05) is 11.3 Å². The Morgan fingerprint density at radius 3 is 2.39 bits per heavy atom. The van der Waals surface area contributed by atoms with E-state index in [1.165, 1.54) is 74.9 Å². The molecule has 0 bridgehead atoms. The van der Waals surface area contributed by atoms with Crippen LogP contribution in [0.15, 0.2) is 0 Å². The van der Waals surface area contributed by atoms with Gasteiger partial charge in [0.1, 0.15) is 5.01 Å². The molecule has 2 aliphatic rings. The Morgan fingerprint density at radius 1 is 1.00 bits per heavy atom. The molecule has 1 aromatic rings. The van der Waals surface area contributed by atoms with Gasteiger partial charge in [-0.2, -0.15) is 0 Å². The average molecular weight is 264 g/mol. The molecule has 1 fully saturated rings. The maximum atomic E-state index is 4.99. The van der Waals surface area contributed by atoms with E-state index in [9.17, 15) is 0 Å². The zero-order valence-corrected chi connectivity index (χ0v) is 12.2. The van der Waals surface area contributed by atoms with Crippen molar-refractivity contribution in [3.63, 3.8) is 0 Å². The molecule has 1 aromatic heterocycles. The van der Waals surface area contributed by atoms with E-state index >= 15 is 0 Å². The van der Waals surface area contributed by atoms with Crippen molar-refractivity contribution in [3.05, 3.63) is 15.6 Å². The number of thiazole rings is 1. The maximum Gasteiger partial charge on any atom is 0.113 e. The van der Waals surface area contributed by atoms with Crippen LogP contribution in [-0.2, 0) is 18.4 Å². The average Bonchev–Trinajstić information content (AvgIpc) is 2.90. The highest BCUT2D eigenvalue weighted by Gasteiger charge is 2.35. The molecular formula is C15H24N2S. The van der Waals surface area contributed by atoms with Gasteiger partial charge in [0.15, 0.2) is 0 Å². The summed E-state index contributed by atoms with van der Waals surface area (Å²) in [5.41, 5.74) is 1.60. The number of hydrogen-bond acceptors (Lipinski definition) is 3. The molecule has 0 aromatic carbocycles. The summed E-state index contributed by atoms with van der Waals surface area (Å²) in [5.74, 6) is 0. The predicted octanol–water partition coefficient (Wildman–Crippen LogP) is 3.79. The summed E-state index contributed by atoms with van der Waals surface area (Å²) < 4.78 is 0. The van der Waals surface area contributed by atoms with Crippen LogP contribution in [0.3, 0.4) is 0 Å². The van der Waals surface area contributed by atoms with Crippen LogP contribution < -0.4 is 5.32 Å². The van der Waals surface area contributed by atoms with Crippen molar-refractivity contribution in [2.75, 3.05) is 7.05 Å². The number of rotatable bonds is 2. The molecule has 0 spiro atoms.